The van der Waals surface area contributed by atoms with Gasteiger partial charge in [-0.05, 0) is 24.6 Å². The lowest BCUT2D eigenvalue weighted by Gasteiger charge is -2.27. The first-order valence-electron chi connectivity index (χ1n) is 7.36. The van der Waals surface area contributed by atoms with Crippen LogP contribution in [-0.4, -0.2) is 38.6 Å². The number of benzene rings is 1. The summed E-state index contributed by atoms with van der Waals surface area (Å²) >= 11 is 0. The highest BCUT2D eigenvalue weighted by atomic mass is 16.5. The number of carbonyl (C=O) groups excluding carboxylic acids is 2. The summed E-state index contributed by atoms with van der Waals surface area (Å²) in [5.74, 6) is -0.107. The highest BCUT2D eigenvalue weighted by molar-refractivity contribution is 5.91. The molecule has 0 bridgehead atoms. The third-order valence-electron chi connectivity index (χ3n) is 3.94. The lowest BCUT2D eigenvalue weighted by molar-refractivity contribution is -0.897. The van der Waals surface area contributed by atoms with Crippen LogP contribution in [0.5, 0.6) is 0 Å². The van der Waals surface area contributed by atoms with Gasteiger partial charge in [0.1, 0.15) is 0 Å². The molecule has 1 saturated heterocycles. The van der Waals surface area contributed by atoms with Crippen LogP contribution in [0.1, 0.15) is 18.4 Å². The van der Waals surface area contributed by atoms with Crippen LogP contribution in [-0.2, 0) is 14.3 Å². The minimum atomic E-state index is -0.127. The van der Waals surface area contributed by atoms with Gasteiger partial charge in [0.05, 0.1) is 26.1 Å². The maximum atomic E-state index is 12.0. The number of ether oxygens (including phenoxy) is 1. The number of amides is 1. The number of quaternary nitrogens is 1. The van der Waals surface area contributed by atoms with Crippen LogP contribution < -0.4 is 10.2 Å². The summed E-state index contributed by atoms with van der Waals surface area (Å²) < 4.78 is 4.77. The van der Waals surface area contributed by atoms with Crippen molar-refractivity contribution in [1.82, 2.24) is 0 Å². The van der Waals surface area contributed by atoms with Crippen LogP contribution in [0.3, 0.4) is 0 Å². The van der Waals surface area contributed by atoms with Crippen molar-refractivity contribution in [3.05, 3.63) is 29.8 Å². The molecule has 21 heavy (non-hydrogen) atoms. The minimum Gasteiger partial charge on any atom is -0.469 e. The quantitative estimate of drug-likeness (QED) is 0.790. The first kappa shape index (κ1) is 15.5. The van der Waals surface area contributed by atoms with Gasteiger partial charge in [-0.3, -0.25) is 9.59 Å². The molecule has 1 fully saturated rings. The molecule has 0 saturated carbocycles. The van der Waals surface area contributed by atoms with E-state index in [0.717, 1.165) is 37.2 Å². The predicted molar refractivity (Wildman–Crippen MR) is 80.1 cm³/mol. The van der Waals surface area contributed by atoms with Gasteiger partial charge < -0.3 is 15.0 Å². The number of likely N-dealkylation sites (tertiary alicyclic amines) is 1. The second-order valence-corrected chi connectivity index (χ2v) is 5.64. The zero-order chi connectivity index (χ0) is 15.2. The fraction of sp³-hybridized carbons (Fsp3) is 0.500. The lowest BCUT2D eigenvalue weighted by atomic mass is 9.97. The van der Waals surface area contributed by atoms with Gasteiger partial charge in [-0.2, -0.15) is 0 Å². The number of rotatable bonds is 4. The molecule has 0 aliphatic carbocycles. The Labute approximate surface area is 125 Å². The lowest BCUT2D eigenvalue weighted by Crippen LogP contribution is -3.14. The Bertz CT molecular complexity index is 508. The molecule has 5 heteroatoms. The molecule has 0 aromatic heterocycles. The minimum absolute atomic E-state index is 0.00131. The molecular formula is C16H23N2O3+. The molecule has 114 valence electrons. The number of methoxy groups -OCH3 is 1. The van der Waals surface area contributed by atoms with Gasteiger partial charge in [0.2, 0.25) is 0 Å². The molecule has 1 aliphatic heterocycles. The van der Waals surface area contributed by atoms with Crippen molar-refractivity contribution < 1.29 is 19.2 Å². The van der Waals surface area contributed by atoms with E-state index in [4.69, 9.17) is 4.74 Å². The molecular weight excluding hydrogens is 268 g/mol. The summed E-state index contributed by atoms with van der Waals surface area (Å²) in [4.78, 5) is 24.7. The number of hydrogen-bond donors (Lipinski definition) is 2. The Kier molecular flexibility index (Phi) is 5.33. The van der Waals surface area contributed by atoms with Gasteiger partial charge >= 0.3 is 5.97 Å². The van der Waals surface area contributed by atoms with E-state index in [1.807, 2.05) is 31.2 Å². The molecule has 1 amide bonds. The molecule has 1 heterocycles. The first-order chi connectivity index (χ1) is 10.1. The molecule has 1 aromatic carbocycles. The van der Waals surface area contributed by atoms with Gasteiger partial charge in [0.15, 0.2) is 6.54 Å². The van der Waals surface area contributed by atoms with Gasteiger partial charge in [0, 0.05) is 18.5 Å². The molecule has 0 radical (unpaired) electrons. The summed E-state index contributed by atoms with van der Waals surface area (Å²) in [5, 5.41) is 2.92. The zero-order valence-electron chi connectivity index (χ0n) is 12.6. The van der Waals surface area contributed by atoms with Crippen LogP contribution in [0.2, 0.25) is 0 Å². The molecule has 1 aromatic rings. The summed E-state index contributed by atoms with van der Waals surface area (Å²) in [6, 6.07) is 7.78. The van der Waals surface area contributed by atoms with E-state index in [2.05, 4.69) is 5.32 Å². The number of carbonyl (C=O) groups is 2. The predicted octanol–water partition coefficient (Wildman–Crippen LogP) is 0.401. The fourth-order valence-corrected chi connectivity index (χ4v) is 2.76. The van der Waals surface area contributed by atoms with Gasteiger partial charge in [-0.25, -0.2) is 0 Å². The molecule has 0 spiro atoms. The van der Waals surface area contributed by atoms with Crippen molar-refractivity contribution in [1.29, 1.82) is 0 Å². The monoisotopic (exact) mass is 291 g/mol. The summed E-state index contributed by atoms with van der Waals surface area (Å²) in [6.45, 7) is 4.11. The summed E-state index contributed by atoms with van der Waals surface area (Å²) in [7, 11) is 1.43. The smallest absolute Gasteiger partial charge is 0.309 e. The Hall–Kier alpha value is -1.88. The van der Waals surface area contributed by atoms with E-state index in [1.54, 1.807) is 0 Å². The SMILES string of the molecule is COC(=O)C1CC[NH+](CC(=O)Nc2cccc(C)c2)CC1. The Morgan fingerprint density at radius 3 is 2.67 bits per heavy atom. The van der Waals surface area contributed by atoms with Crippen molar-refractivity contribution in [3.8, 4) is 0 Å². The van der Waals surface area contributed by atoms with Crippen LogP contribution >= 0.6 is 0 Å². The van der Waals surface area contributed by atoms with Crippen molar-refractivity contribution in [2.45, 2.75) is 19.8 Å². The number of piperidine rings is 1. The number of anilines is 1. The highest BCUT2D eigenvalue weighted by Crippen LogP contribution is 2.11. The zero-order valence-corrected chi connectivity index (χ0v) is 12.6. The second-order valence-electron chi connectivity index (χ2n) is 5.64. The number of hydrogen-bond acceptors (Lipinski definition) is 3. The average molecular weight is 291 g/mol. The first-order valence-corrected chi connectivity index (χ1v) is 7.36. The molecule has 5 nitrogen and oxygen atoms in total. The number of esters is 1. The van der Waals surface area contributed by atoms with E-state index in [9.17, 15) is 9.59 Å². The van der Waals surface area contributed by atoms with Crippen molar-refractivity contribution in [3.63, 3.8) is 0 Å². The van der Waals surface area contributed by atoms with Crippen molar-refractivity contribution in [2.75, 3.05) is 32.1 Å². The van der Waals surface area contributed by atoms with Gasteiger partial charge in [-0.15, -0.1) is 0 Å². The Morgan fingerprint density at radius 2 is 2.05 bits per heavy atom. The van der Waals surface area contributed by atoms with E-state index < -0.39 is 0 Å². The molecule has 0 atom stereocenters. The van der Waals surface area contributed by atoms with Crippen LogP contribution in [0.4, 0.5) is 5.69 Å². The van der Waals surface area contributed by atoms with E-state index in [-0.39, 0.29) is 17.8 Å². The maximum Gasteiger partial charge on any atom is 0.309 e. The third-order valence-corrected chi connectivity index (χ3v) is 3.94. The largest absolute Gasteiger partial charge is 0.469 e. The summed E-state index contributed by atoms with van der Waals surface area (Å²) in [5.41, 5.74) is 1.96. The normalized spacial score (nSPS) is 21.6. The molecule has 2 rings (SSSR count). The van der Waals surface area contributed by atoms with Crippen LogP contribution in [0.25, 0.3) is 0 Å². The van der Waals surface area contributed by atoms with E-state index in [1.165, 1.54) is 12.0 Å². The van der Waals surface area contributed by atoms with E-state index >= 15 is 0 Å². The summed E-state index contributed by atoms with van der Waals surface area (Å²) in [6.07, 6.45) is 1.58. The Morgan fingerprint density at radius 1 is 1.33 bits per heavy atom. The van der Waals surface area contributed by atoms with Crippen LogP contribution in [0.15, 0.2) is 24.3 Å². The van der Waals surface area contributed by atoms with Crippen molar-refractivity contribution in [2.24, 2.45) is 5.92 Å². The molecule has 0 unspecified atom stereocenters. The highest BCUT2D eigenvalue weighted by Gasteiger charge is 2.28. The van der Waals surface area contributed by atoms with Crippen molar-refractivity contribution >= 4 is 17.6 Å². The number of nitrogens with one attached hydrogen (secondary N) is 2. The average Bonchev–Trinajstić information content (AvgIpc) is 2.47. The fourth-order valence-electron chi connectivity index (χ4n) is 2.76. The number of aryl methyl sites for hydroxylation is 1. The van der Waals surface area contributed by atoms with E-state index in [0.29, 0.717) is 6.54 Å². The molecule has 1 aliphatic rings. The van der Waals surface area contributed by atoms with Gasteiger partial charge in [0.25, 0.3) is 5.91 Å². The van der Waals surface area contributed by atoms with Gasteiger partial charge in [-0.1, -0.05) is 12.1 Å². The maximum absolute atomic E-state index is 12.0. The van der Waals surface area contributed by atoms with Crippen LogP contribution in [0, 0.1) is 12.8 Å². The standard InChI is InChI=1S/C16H22N2O3/c1-12-4-3-5-14(10-12)17-15(19)11-18-8-6-13(7-9-18)16(20)21-2/h3-5,10,13H,6-9,11H2,1-2H3,(H,17,19)/p+1. The molecule has 2 N–H and O–H groups in total. The third kappa shape index (κ3) is 4.56. The topological polar surface area (TPSA) is 59.8 Å². The Balaban J connectivity index is 1.78. The second kappa shape index (κ2) is 7.22.